The Morgan fingerprint density at radius 3 is 2.62 bits per heavy atom. The summed E-state index contributed by atoms with van der Waals surface area (Å²) in [6.45, 7) is 1.91. The molecule has 0 unspecified atom stereocenters. The average molecular weight is 287 g/mol. The van der Waals surface area contributed by atoms with Gasteiger partial charge in [-0.25, -0.2) is 4.39 Å². The molecule has 1 amide bonds. The van der Waals surface area contributed by atoms with E-state index in [1.165, 1.54) is 12.1 Å². The maximum atomic E-state index is 12.8. The molecular weight excluding hydrogens is 269 g/mol. The number of carbonyl (C=O) groups excluding carboxylic acids is 1. The Bertz CT molecular complexity index is 610. The van der Waals surface area contributed by atoms with Crippen molar-refractivity contribution in [3.63, 3.8) is 0 Å². The van der Waals surface area contributed by atoms with Crippen LogP contribution in [0.2, 0.25) is 0 Å². The molecule has 0 aliphatic carbocycles. The van der Waals surface area contributed by atoms with Crippen LogP contribution in [0.3, 0.4) is 0 Å². The molecule has 4 heteroatoms. The molecule has 0 saturated heterocycles. The Kier molecular flexibility index (Phi) is 4.93. The van der Waals surface area contributed by atoms with E-state index in [0.717, 1.165) is 16.9 Å². The fraction of sp³-hybridized carbons (Fsp3) is 0.235. The third-order valence-electron chi connectivity index (χ3n) is 3.25. The van der Waals surface area contributed by atoms with Crippen molar-refractivity contribution in [1.82, 2.24) is 5.32 Å². The smallest absolute Gasteiger partial charge is 0.224 e. The predicted octanol–water partition coefficient (Wildman–Crippen LogP) is 3.25. The second kappa shape index (κ2) is 6.88. The fourth-order valence-corrected chi connectivity index (χ4v) is 2.07. The van der Waals surface area contributed by atoms with Gasteiger partial charge in [0.1, 0.15) is 11.6 Å². The summed E-state index contributed by atoms with van der Waals surface area (Å²) in [5.41, 5.74) is 1.76. The maximum absolute atomic E-state index is 12.8. The molecule has 0 fully saturated rings. The van der Waals surface area contributed by atoms with E-state index < -0.39 is 0 Å². The zero-order valence-corrected chi connectivity index (χ0v) is 12.1. The van der Waals surface area contributed by atoms with Gasteiger partial charge in [0.2, 0.25) is 5.91 Å². The van der Waals surface area contributed by atoms with E-state index in [-0.39, 0.29) is 24.2 Å². The van der Waals surface area contributed by atoms with E-state index in [9.17, 15) is 9.18 Å². The van der Waals surface area contributed by atoms with Crippen LogP contribution in [-0.4, -0.2) is 13.0 Å². The molecule has 2 rings (SSSR count). The molecule has 21 heavy (non-hydrogen) atoms. The fourth-order valence-electron chi connectivity index (χ4n) is 2.07. The molecule has 1 atom stereocenters. The minimum Gasteiger partial charge on any atom is -0.497 e. The summed E-state index contributed by atoms with van der Waals surface area (Å²) in [5.74, 6) is 0.355. The first-order valence-corrected chi connectivity index (χ1v) is 6.76. The number of methoxy groups -OCH3 is 1. The summed E-state index contributed by atoms with van der Waals surface area (Å²) in [6.07, 6.45) is 0.231. The molecule has 0 heterocycles. The Balaban J connectivity index is 1.96. The van der Waals surface area contributed by atoms with Crippen LogP contribution in [0.25, 0.3) is 0 Å². The van der Waals surface area contributed by atoms with Gasteiger partial charge in [-0.1, -0.05) is 24.3 Å². The van der Waals surface area contributed by atoms with Crippen molar-refractivity contribution in [3.8, 4) is 5.75 Å². The van der Waals surface area contributed by atoms with Crippen molar-refractivity contribution in [1.29, 1.82) is 0 Å². The summed E-state index contributed by atoms with van der Waals surface area (Å²) in [7, 11) is 1.61. The summed E-state index contributed by atoms with van der Waals surface area (Å²) in [4.78, 5) is 12.0. The van der Waals surface area contributed by atoms with E-state index in [1.54, 1.807) is 19.2 Å². The molecule has 2 aromatic carbocycles. The Morgan fingerprint density at radius 1 is 1.24 bits per heavy atom. The highest BCUT2D eigenvalue weighted by molar-refractivity contribution is 5.79. The van der Waals surface area contributed by atoms with Gasteiger partial charge in [-0.05, 0) is 42.3 Å². The first-order chi connectivity index (χ1) is 10.1. The van der Waals surface area contributed by atoms with Crippen LogP contribution in [0.1, 0.15) is 24.1 Å². The first kappa shape index (κ1) is 15.0. The summed E-state index contributed by atoms with van der Waals surface area (Å²) < 4.78 is 18.0. The molecule has 0 aromatic heterocycles. The topological polar surface area (TPSA) is 38.3 Å². The molecule has 0 bridgehead atoms. The molecule has 2 aromatic rings. The highest BCUT2D eigenvalue weighted by atomic mass is 19.1. The largest absolute Gasteiger partial charge is 0.497 e. The zero-order chi connectivity index (χ0) is 15.2. The normalized spacial score (nSPS) is 11.8. The standard InChI is InChI=1S/C17H18FNO2/c1-12(14-4-3-5-16(11-14)21-2)19-17(20)10-13-6-8-15(18)9-7-13/h3-9,11-12H,10H2,1-2H3,(H,19,20)/t12-/m1/s1. The summed E-state index contributed by atoms with van der Waals surface area (Å²) in [5, 5.41) is 2.92. The number of halogens is 1. The minimum absolute atomic E-state index is 0.100. The van der Waals surface area contributed by atoms with Crippen LogP contribution in [0.15, 0.2) is 48.5 Å². The number of hydrogen-bond acceptors (Lipinski definition) is 2. The Labute approximate surface area is 123 Å². The number of ether oxygens (including phenoxy) is 1. The van der Waals surface area contributed by atoms with Crippen LogP contribution in [0.4, 0.5) is 4.39 Å². The molecule has 110 valence electrons. The Hall–Kier alpha value is -2.36. The number of amides is 1. The van der Waals surface area contributed by atoms with Crippen molar-refractivity contribution in [2.45, 2.75) is 19.4 Å². The lowest BCUT2D eigenvalue weighted by Gasteiger charge is -2.15. The van der Waals surface area contributed by atoms with Gasteiger partial charge in [0.05, 0.1) is 19.6 Å². The Morgan fingerprint density at radius 2 is 1.95 bits per heavy atom. The van der Waals surface area contributed by atoms with Crippen LogP contribution in [-0.2, 0) is 11.2 Å². The van der Waals surface area contributed by atoms with Crippen LogP contribution >= 0.6 is 0 Å². The van der Waals surface area contributed by atoms with Crippen molar-refractivity contribution < 1.29 is 13.9 Å². The van der Waals surface area contributed by atoms with Gasteiger partial charge in [0.15, 0.2) is 0 Å². The monoisotopic (exact) mass is 287 g/mol. The molecule has 3 nitrogen and oxygen atoms in total. The van der Waals surface area contributed by atoms with E-state index in [1.807, 2.05) is 31.2 Å². The number of carbonyl (C=O) groups is 1. The lowest BCUT2D eigenvalue weighted by molar-refractivity contribution is -0.121. The molecule has 0 aliphatic heterocycles. The van der Waals surface area contributed by atoms with Crippen molar-refractivity contribution in [2.75, 3.05) is 7.11 Å². The second-order valence-corrected chi connectivity index (χ2v) is 4.87. The number of rotatable bonds is 5. The SMILES string of the molecule is COc1cccc([C@@H](C)NC(=O)Cc2ccc(F)cc2)c1. The predicted molar refractivity (Wildman–Crippen MR) is 79.7 cm³/mol. The third-order valence-corrected chi connectivity index (χ3v) is 3.25. The zero-order valence-electron chi connectivity index (χ0n) is 12.1. The van der Waals surface area contributed by atoms with Crippen molar-refractivity contribution >= 4 is 5.91 Å². The molecule has 0 aliphatic rings. The van der Waals surface area contributed by atoms with Gasteiger partial charge in [0, 0.05) is 0 Å². The first-order valence-electron chi connectivity index (χ1n) is 6.76. The molecular formula is C17H18FNO2. The van der Waals surface area contributed by atoms with E-state index >= 15 is 0 Å². The van der Waals surface area contributed by atoms with E-state index in [4.69, 9.17) is 4.74 Å². The van der Waals surface area contributed by atoms with Gasteiger partial charge in [0.25, 0.3) is 0 Å². The lowest BCUT2D eigenvalue weighted by atomic mass is 10.1. The van der Waals surface area contributed by atoms with Gasteiger partial charge in [-0.3, -0.25) is 4.79 Å². The second-order valence-electron chi connectivity index (χ2n) is 4.87. The van der Waals surface area contributed by atoms with Gasteiger partial charge in [-0.2, -0.15) is 0 Å². The number of benzene rings is 2. The van der Waals surface area contributed by atoms with Crippen LogP contribution in [0, 0.1) is 5.82 Å². The molecule has 0 radical (unpaired) electrons. The molecule has 0 spiro atoms. The van der Waals surface area contributed by atoms with Gasteiger partial charge >= 0.3 is 0 Å². The van der Waals surface area contributed by atoms with Crippen LogP contribution < -0.4 is 10.1 Å². The van der Waals surface area contributed by atoms with Gasteiger partial charge in [-0.15, -0.1) is 0 Å². The lowest BCUT2D eigenvalue weighted by Crippen LogP contribution is -2.28. The quantitative estimate of drug-likeness (QED) is 0.916. The highest BCUT2D eigenvalue weighted by Crippen LogP contribution is 2.18. The third kappa shape index (κ3) is 4.31. The van der Waals surface area contributed by atoms with E-state index in [0.29, 0.717) is 0 Å². The van der Waals surface area contributed by atoms with Crippen LogP contribution in [0.5, 0.6) is 5.75 Å². The van der Waals surface area contributed by atoms with Gasteiger partial charge < -0.3 is 10.1 Å². The summed E-state index contributed by atoms with van der Waals surface area (Å²) >= 11 is 0. The maximum Gasteiger partial charge on any atom is 0.224 e. The van der Waals surface area contributed by atoms with E-state index in [2.05, 4.69) is 5.32 Å². The average Bonchev–Trinajstić information content (AvgIpc) is 2.49. The summed E-state index contributed by atoms with van der Waals surface area (Å²) in [6, 6.07) is 13.4. The molecule has 0 saturated carbocycles. The number of nitrogens with one attached hydrogen (secondary N) is 1. The minimum atomic E-state index is -0.302. The van der Waals surface area contributed by atoms with Crippen molar-refractivity contribution in [3.05, 3.63) is 65.5 Å². The number of hydrogen-bond donors (Lipinski definition) is 1. The molecule has 1 N–H and O–H groups in total. The highest BCUT2D eigenvalue weighted by Gasteiger charge is 2.10. The van der Waals surface area contributed by atoms with Crippen molar-refractivity contribution in [2.24, 2.45) is 0 Å².